The van der Waals surface area contributed by atoms with Gasteiger partial charge in [0.1, 0.15) is 4.21 Å². The number of thiophene rings is 1. The Kier molecular flexibility index (Phi) is 4.24. The van der Waals surface area contributed by atoms with Crippen molar-refractivity contribution in [3.63, 3.8) is 0 Å². The van der Waals surface area contributed by atoms with E-state index in [0.717, 1.165) is 34.8 Å². The predicted octanol–water partition coefficient (Wildman–Crippen LogP) is 1.30. The number of nitrogens with two attached hydrogens (primary N) is 1. The lowest BCUT2D eigenvalue weighted by Gasteiger charge is -2.21. The quantitative estimate of drug-likeness (QED) is 0.875. The molecule has 106 valence electrons. The number of rotatable bonds is 4. The summed E-state index contributed by atoms with van der Waals surface area (Å²) in [5.41, 5.74) is 0. The summed E-state index contributed by atoms with van der Waals surface area (Å²) in [6.07, 6.45) is 1.94. The van der Waals surface area contributed by atoms with Crippen LogP contribution in [0.2, 0.25) is 0 Å². The van der Waals surface area contributed by atoms with E-state index in [2.05, 4.69) is 5.32 Å². The van der Waals surface area contributed by atoms with E-state index in [-0.39, 0.29) is 14.9 Å². The average molecular weight is 320 g/mol. The molecule has 0 bridgehead atoms. The minimum Gasteiger partial charge on any atom is -0.350 e. The molecule has 1 saturated heterocycles. The van der Waals surface area contributed by atoms with Gasteiger partial charge in [0.2, 0.25) is 15.9 Å². The maximum Gasteiger partial charge on any atom is 0.247 e. The Morgan fingerprint density at radius 2 is 2.26 bits per heavy atom. The molecular weight excluding hydrogens is 304 g/mol. The highest BCUT2D eigenvalue weighted by Gasteiger charge is 2.36. The largest absolute Gasteiger partial charge is 0.350 e. The Morgan fingerprint density at radius 3 is 2.79 bits per heavy atom. The lowest BCUT2D eigenvalue weighted by atomic mass is 10.1. The molecule has 0 radical (unpaired) electrons. The van der Waals surface area contributed by atoms with Gasteiger partial charge < -0.3 is 5.32 Å². The molecule has 2 rings (SSSR count). The van der Waals surface area contributed by atoms with Crippen LogP contribution in [0.25, 0.3) is 0 Å². The Hall–Kier alpha value is -0.570. The van der Waals surface area contributed by atoms with E-state index in [9.17, 15) is 13.2 Å². The molecule has 1 fully saturated rings. The zero-order valence-electron chi connectivity index (χ0n) is 10.5. The summed E-state index contributed by atoms with van der Waals surface area (Å²) in [6.45, 7) is 2.29. The fourth-order valence-corrected chi connectivity index (χ4v) is 4.87. The molecule has 1 amide bonds. The number of hydrogen-bond acceptors (Lipinski definition) is 5. The predicted molar refractivity (Wildman–Crippen MR) is 77.6 cm³/mol. The van der Waals surface area contributed by atoms with E-state index < -0.39 is 10.0 Å². The van der Waals surface area contributed by atoms with Crippen molar-refractivity contribution in [3.05, 3.63) is 17.0 Å². The summed E-state index contributed by atoms with van der Waals surface area (Å²) < 4.78 is 22.1. The van der Waals surface area contributed by atoms with Crippen molar-refractivity contribution in [2.24, 2.45) is 5.14 Å². The van der Waals surface area contributed by atoms with E-state index >= 15 is 0 Å². The van der Waals surface area contributed by atoms with E-state index in [1.165, 1.54) is 6.07 Å². The number of carbonyl (C=O) groups is 1. The summed E-state index contributed by atoms with van der Waals surface area (Å²) in [4.78, 5) is 12.9. The molecule has 1 aliphatic heterocycles. The maximum atomic E-state index is 12.1. The van der Waals surface area contributed by atoms with E-state index in [1.54, 1.807) is 17.8 Å². The van der Waals surface area contributed by atoms with E-state index in [4.69, 9.17) is 5.14 Å². The number of thioether (sulfide) groups is 1. The molecule has 0 aromatic carbocycles. The fraction of sp³-hybridized carbons (Fsp3) is 0.545. The van der Waals surface area contributed by atoms with E-state index in [1.807, 2.05) is 6.92 Å². The Morgan fingerprint density at radius 1 is 1.53 bits per heavy atom. The second-order valence-electron chi connectivity index (χ2n) is 4.63. The minimum atomic E-state index is -3.65. The van der Waals surface area contributed by atoms with Crippen LogP contribution in [0.4, 0.5) is 0 Å². The van der Waals surface area contributed by atoms with Crippen LogP contribution in [0.5, 0.6) is 0 Å². The number of carbonyl (C=O) groups excluding carboxylic acids is 1. The molecule has 2 heterocycles. The number of hydrogen-bond donors (Lipinski definition) is 2. The van der Waals surface area contributed by atoms with Gasteiger partial charge in [-0.2, -0.15) is 0 Å². The second-order valence-corrected chi connectivity index (χ2v) is 9.19. The normalized spacial score (nSPS) is 23.5. The molecule has 1 aliphatic rings. The van der Waals surface area contributed by atoms with Gasteiger partial charge in [-0.3, -0.25) is 4.79 Å². The molecule has 0 saturated carbocycles. The molecular formula is C11H16N2O3S3. The molecule has 1 atom stereocenters. The number of sulfonamides is 1. The first-order chi connectivity index (χ1) is 8.81. The lowest BCUT2D eigenvalue weighted by molar-refractivity contribution is -0.123. The standard InChI is InChI=1S/C11H16N2O3S3/c1-11(5-2-6-17-11)10(14)13-7-8-3-4-9(18-8)19(12,15)16/h3-4H,2,5-7H2,1H3,(H,13,14)(H2,12,15,16). The molecule has 1 aromatic rings. The molecule has 0 spiro atoms. The third-order valence-corrected chi connectivity index (χ3v) is 7.08. The summed E-state index contributed by atoms with van der Waals surface area (Å²) in [5.74, 6) is 1.03. The van der Waals surface area contributed by atoms with Gasteiger partial charge in [0.05, 0.1) is 11.3 Å². The van der Waals surface area contributed by atoms with Gasteiger partial charge in [0.15, 0.2) is 0 Å². The topological polar surface area (TPSA) is 89.3 Å². The lowest BCUT2D eigenvalue weighted by Crippen LogP contribution is -2.39. The van der Waals surface area contributed by atoms with Crippen LogP contribution in [0, 0.1) is 0 Å². The highest BCUT2D eigenvalue weighted by atomic mass is 32.2. The first-order valence-corrected chi connectivity index (χ1v) is 9.20. The first-order valence-electron chi connectivity index (χ1n) is 5.85. The molecule has 1 unspecified atom stereocenters. The number of nitrogens with one attached hydrogen (secondary N) is 1. The zero-order chi connectivity index (χ0) is 14.1. The summed E-state index contributed by atoms with van der Waals surface area (Å²) in [7, 11) is -3.65. The van der Waals surface area contributed by atoms with Crippen molar-refractivity contribution in [3.8, 4) is 0 Å². The van der Waals surface area contributed by atoms with Crippen molar-refractivity contribution in [1.29, 1.82) is 0 Å². The van der Waals surface area contributed by atoms with Crippen molar-refractivity contribution < 1.29 is 13.2 Å². The fourth-order valence-electron chi connectivity index (χ4n) is 1.92. The highest BCUT2D eigenvalue weighted by Crippen LogP contribution is 2.37. The van der Waals surface area contributed by atoms with Crippen molar-refractivity contribution in [1.82, 2.24) is 5.32 Å². The third-order valence-electron chi connectivity index (χ3n) is 3.04. The molecule has 8 heteroatoms. The van der Waals surface area contributed by atoms with Crippen LogP contribution in [0.1, 0.15) is 24.6 Å². The molecule has 1 aromatic heterocycles. The molecule has 0 aliphatic carbocycles. The average Bonchev–Trinajstić information content (AvgIpc) is 2.94. The molecule has 19 heavy (non-hydrogen) atoms. The van der Waals surface area contributed by atoms with Crippen LogP contribution in [-0.4, -0.2) is 24.8 Å². The number of primary sulfonamides is 1. The number of amides is 1. The van der Waals surface area contributed by atoms with Crippen molar-refractivity contribution >= 4 is 39.0 Å². The Bertz CT molecular complexity index is 574. The SMILES string of the molecule is CC1(C(=O)NCc2ccc(S(N)(=O)=O)s2)CCCS1. The van der Waals surface area contributed by atoms with Gasteiger partial charge in [-0.25, -0.2) is 13.6 Å². The summed E-state index contributed by atoms with van der Waals surface area (Å²) >= 11 is 2.76. The molecule has 5 nitrogen and oxygen atoms in total. The van der Waals surface area contributed by atoms with Crippen molar-refractivity contribution in [2.45, 2.75) is 35.3 Å². The van der Waals surface area contributed by atoms with Crippen molar-refractivity contribution in [2.75, 3.05) is 5.75 Å². The van der Waals surface area contributed by atoms with Crippen LogP contribution in [0.3, 0.4) is 0 Å². The minimum absolute atomic E-state index is 0.0144. The van der Waals surface area contributed by atoms with Crippen LogP contribution in [-0.2, 0) is 21.4 Å². The van der Waals surface area contributed by atoms with Crippen LogP contribution in [0.15, 0.2) is 16.3 Å². The van der Waals surface area contributed by atoms with Gasteiger partial charge in [-0.05, 0) is 37.7 Å². The summed E-state index contributed by atoms with van der Waals surface area (Å²) in [6, 6.07) is 3.14. The zero-order valence-corrected chi connectivity index (χ0v) is 13.0. The molecule has 3 N–H and O–H groups in total. The second kappa shape index (κ2) is 5.43. The van der Waals surface area contributed by atoms with Gasteiger partial charge in [0.25, 0.3) is 0 Å². The Labute approximate surface area is 121 Å². The Balaban J connectivity index is 1.96. The van der Waals surface area contributed by atoms with Gasteiger partial charge in [0, 0.05) is 4.88 Å². The van der Waals surface area contributed by atoms with Gasteiger partial charge in [-0.15, -0.1) is 23.1 Å². The maximum absolute atomic E-state index is 12.1. The third kappa shape index (κ3) is 3.50. The van der Waals surface area contributed by atoms with Crippen LogP contribution >= 0.6 is 23.1 Å². The van der Waals surface area contributed by atoms with Gasteiger partial charge in [-0.1, -0.05) is 0 Å². The highest BCUT2D eigenvalue weighted by molar-refractivity contribution is 8.01. The van der Waals surface area contributed by atoms with E-state index in [0.29, 0.717) is 6.54 Å². The van der Waals surface area contributed by atoms with Crippen LogP contribution < -0.4 is 10.5 Å². The monoisotopic (exact) mass is 320 g/mol. The first kappa shape index (κ1) is 14.8. The van der Waals surface area contributed by atoms with Gasteiger partial charge >= 0.3 is 0 Å². The smallest absolute Gasteiger partial charge is 0.247 e. The summed E-state index contributed by atoms with van der Waals surface area (Å²) in [5, 5.41) is 7.90.